The lowest BCUT2D eigenvalue weighted by Gasteiger charge is -2.39. The van der Waals surface area contributed by atoms with Crippen LogP contribution in [0.5, 0.6) is 0 Å². The van der Waals surface area contributed by atoms with E-state index < -0.39 is 0 Å². The van der Waals surface area contributed by atoms with Gasteiger partial charge in [0.15, 0.2) is 0 Å². The third kappa shape index (κ3) is 3.08. The third-order valence-corrected chi connectivity index (χ3v) is 4.91. The van der Waals surface area contributed by atoms with E-state index in [0.717, 1.165) is 51.1 Å². The van der Waals surface area contributed by atoms with Crippen LogP contribution in [0.25, 0.3) is 0 Å². The van der Waals surface area contributed by atoms with E-state index in [-0.39, 0.29) is 17.8 Å². The maximum Gasteiger partial charge on any atom is 0.234 e. The molecule has 2 saturated heterocycles. The molecule has 1 amide bonds. The number of hydrogen-bond acceptors (Lipinski definition) is 6. The van der Waals surface area contributed by atoms with Crippen molar-refractivity contribution in [1.29, 1.82) is 5.26 Å². The molecule has 3 heterocycles. The van der Waals surface area contributed by atoms with Crippen molar-refractivity contribution in [2.24, 2.45) is 5.73 Å². The molecule has 122 valence electrons. The molecule has 2 fully saturated rings. The average Bonchev–Trinajstić information content (AvgIpc) is 3.05. The number of hydrogen-bond donors (Lipinski definition) is 2. The van der Waals surface area contributed by atoms with Gasteiger partial charge in [0.1, 0.15) is 17.7 Å². The number of carbonyl (C=O) groups excluding carboxylic acids is 1. The molecule has 4 N–H and O–H groups in total. The topological polar surface area (TPSA) is 112 Å². The summed E-state index contributed by atoms with van der Waals surface area (Å²) in [6.45, 7) is 2.69. The number of nitrogens with two attached hydrogens (primary N) is 2. The normalized spacial score (nSPS) is 22.9. The highest BCUT2D eigenvalue weighted by Gasteiger charge is 2.35. The van der Waals surface area contributed by atoms with Crippen LogP contribution in [0.4, 0.5) is 11.6 Å². The van der Waals surface area contributed by atoms with E-state index in [1.165, 1.54) is 0 Å². The second-order valence-corrected chi connectivity index (χ2v) is 6.23. The molecule has 7 nitrogen and oxygen atoms in total. The first kappa shape index (κ1) is 15.6. The number of anilines is 2. The van der Waals surface area contributed by atoms with Crippen LogP contribution >= 0.6 is 0 Å². The number of pyridine rings is 1. The maximum atomic E-state index is 11.6. The molecule has 0 bridgehead atoms. The van der Waals surface area contributed by atoms with Gasteiger partial charge in [-0.25, -0.2) is 4.98 Å². The van der Waals surface area contributed by atoms with Gasteiger partial charge >= 0.3 is 0 Å². The lowest BCUT2D eigenvalue weighted by atomic mass is 10.0. The number of piperidine rings is 1. The predicted octanol–water partition coefficient (Wildman–Crippen LogP) is 0.454. The fraction of sp³-hybridized carbons (Fsp3) is 0.562. The molecule has 1 unspecified atom stereocenters. The predicted molar refractivity (Wildman–Crippen MR) is 87.5 cm³/mol. The standard InChI is InChI=1S/C16H22N6O/c17-10-11-3-4-14(20-15(11)18)21-8-5-12(6-9-21)22-7-1-2-13(22)16(19)23/h3-4,12-13H,1-2,5-9H2,(H2,18,20)(H2,19,23). The number of nitriles is 1. The molecule has 3 rings (SSSR count). The minimum absolute atomic E-state index is 0.102. The molecule has 23 heavy (non-hydrogen) atoms. The first-order valence-corrected chi connectivity index (χ1v) is 8.07. The fourth-order valence-electron chi connectivity index (χ4n) is 3.69. The van der Waals surface area contributed by atoms with Gasteiger partial charge in [-0.05, 0) is 44.4 Å². The molecular weight excluding hydrogens is 292 g/mol. The zero-order valence-electron chi connectivity index (χ0n) is 13.1. The molecular formula is C16H22N6O. The van der Waals surface area contributed by atoms with Crippen molar-refractivity contribution in [3.05, 3.63) is 17.7 Å². The zero-order chi connectivity index (χ0) is 16.4. The van der Waals surface area contributed by atoms with Crippen LogP contribution in [0.2, 0.25) is 0 Å². The van der Waals surface area contributed by atoms with E-state index in [1.54, 1.807) is 6.07 Å². The van der Waals surface area contributed by atoms with Crippen molar-refractivity contribution in [3.8, 4) is 6.07 Å². The maximum absolute atomic E-state index is 11.6. The minimum atomic E-state index is -0.202. The van der Waals surface area contributed by atoms with Gasteiger partial charge in [0.05, 0.1) is 11.6 Å². The Hall–Kier alpha value is -2.33. The van der Waals surface area contributed by atoms with Gasteiger partial charge in [0, 0.05) is 19.1 Å². The van der Waals surface area contributed by atoms with Crippen LogP contribution in [0.1, 0.15) is 31.2 Å². The molecule has 1 aromatic rings. The van der Waals surface area contributed by atoms with E-state index >= 15 is 0 Å². The van der Waals surface area contributed by atoms with Crippen LogP contribution in [0, 0.1) is 11.3 Å². The van der Waals surface area contributed by atoms with Gasteiger partial charge in [-0.2, -0.15) is 5.26 Å². The molecule has 0 saturated carbocycles. The number of primary amides is 1. The van der Waals surface area contributed by atoms with Crippen molar-refractivity contribution in [3.63, 3.8) is 0 Å². The van der Waals surface area contributed by atoms with E-state index in [1.807, 2.05) is 12.1 Å². The summed E-state index contributed by atoms with van der Waals surface area (Å²) < 4.78 is 0. The summed E-state index contributed by atoms with van der Waals surface area (Å²) in [7, 11) is 0. The lowest BCUT2D eigenvalue weighted by molar-refractivity contribution is -0.123. The highest BCUT2D eigenvalue weighted by molar-refractivity contribution is 5.80. The Morgan fingerprint density at radius 3 is 2.61 bits per heavy atom. The number of nitrogen functional groups attached to an aromatic ring is 1. The van der Waals surface area contributed by atoms with Crippen LogP contribution < -0.4 is 16.4 Å². The third-order valence-electron chi connectivity index (χ3n) is 4.91. The van der Waals surface area contributed by atoms with Crippen molar-refractivity contribution < 1.29 is 4.79 Å². The second-order valence-electron chi connectivity index (χ2n) is 6.23. The van der Waals surface area contributed by atoms with E-state index in [0.29, 0.717) is 11.6 Å². The SMILES string of the molecule is N#Cc1ccc(N2CCC(N3CCCC3C(N)=O)CC2)nc1N. The van der Waals surface area contributed by atoms with E-state index in [9.17, 15) is 4.79 Å². The molecule has 7 heteroatoms. The summed E-state index contributed by atoms with van der Waals surface area (Å²) in [5.74, 6) is 0.889. The molecule has 0 radical (unpaired) electrons. The monoisotopic (exact) mass is 314 g/mol. The van der Waals surface area contributed by atoms with Gasteiger partial charge in [-0.3, -0.25) is 9.69 Å². The van der Waals surface area contributed by atoms with Crippen LogP contribution in [0.3, 0.4) is 0 Å². The Morgan fingerprint density at radius 1 is 1.26 bits per heavy atom. The van der Waals surface area contributed by atoms with Gasteiger partial charge in [-0.15, -0.1) is 0 Å². The van der Waals surface area contributed by atoms with E-state index in [4.69, 9.17) is 16.7 Å². The minimum Gasteiger partial charge on any atom is -0.383 e. The highest BCUT2D eigenvalue weighted by Crippen LogP contribution is 2.28. The molecule has 2 aliphatic rings. The van der Waals surface area contributed by atoms with Crippen LogP contribution in [-0.4, -0.2) is 47.5 Å². The van der Waals surface area contributed by atoms with Crippen LogP contribution in [0.15, 0.2) is 12.1 Å². The molecule has 1 atom stereocenters. The van der Waals surface area contributed by atoms with Crippen molar-refractivity contribution in [2.45, 2.75) is 37.8 Å². The van der Waals surface area contributed by atoms with Crippen molar-refractivity contribution in [1.82, 2.24) is 9.88 Å². The van der Waals surface area contributed by atoms with E-state index in [2.05, 4.69) is 14.8 Å². The quantitative estimate of drug-likeness (QED) is 0.838. The Labute approximate surface area is 135 Å². The molecule has 1 aromatic heterocycles. The van der Waals surface area contributed by atoms with Crippen molar-refractivity contribution in [2.75, 3.05) is 30.3 Å². The first-order valence-electron chi connectivity index (χ1n) is 8.07. The summed E-state index contributed by atoms with van der Waals surface area (Å²) in [5, 5.41) is 8.92. The lowest BCUT2D eigenvalue weighted by Crippen LogP contribution is -2.50. The highest BCUT2D eigenvalue weighted by atomic mass is 16.1. The Morgan fingerprint density at radius 2 is 2.00 bits per heavy atom. The number of likely N-dealkylation sites (tertiary alicyclic amines) is 1. The van der Waals surface area contributed by atoms with Crippen molar-refractivity contribution >= 4 is 17.5 Å². The van der Waals surface area contributed by atoms with Gasteiger partial charge < -0.3 is 16.4 Å². The van der Waals surface area contributed by atoms with Crippen LogP contribution in [-0.2, 0) is 4.79 Å². The number of rotatable bonds is 3. The summed E-state index contributed by atoms with van der Waals surface area (Å²) in [6, 6.07) is 5.89. The average molecular weight is 314 g/mol. The first-order chi connectivity index (χ1) is 11.1. The van der Waals surface area contributed by atoms with Gasteiger partial charge in [-0.1, -0.05) is 0 Å². The number of carbonyl (C=O) groups is 1. The number of aromatic nitrogens is 1. The molecule has 0 aliphatic carbocycles. The molecule has 2 aliphatic heterocycles. The summed E-state index contributed by atoms with van der Waals surface area (Å²) >= 11 is 0. The molecule has 0 aromatic carbocycles. The largest absolute Gasteiger partial charge is 0.383 e. The molecule has 0 spiro atoms. The summed E-state index contributed by atoms with van der Waals surface area (Å²) in [5.41, 5.74) is 11.7. The number of nitrogens with zero attached hydrogens (tertiary/aromatic N) is 4. The van der Waals surface area contributed by atoms with Gasteiger partial charge in [0.25, 0.3) is 0 Å². The summed E-state index contributed by atoms with van der Waals surface area (Å²) in [4.78, 5) is 20.3. The zero-order valence-corrected chi connectivity index (χ0v) is 13.1. The Bertz CT molecular complexity index is 632. The smallest absolute Gasteiger partial charge is 0.234 e. The second kappa shape index (κ2) is 6.42. The Balaban J connectivity index is 1.63. The fourth-order valence-corrected chi connectivity index (χ4v) is 3.69. The van der Waals surface area contributed by atoms with Gasteiger partial charge in [0.2, 0.25) is 5.91 Å². The summed E-state index contributed by atoms with van der Waals surface area (Å²) in [6.07, 6.45) is 3.88. The number of amides is 1. The Kier molecular flexibility index (Phi) is 4.35.